The van der Waals surface area contributed by atoms with Gasteiger partial charge < -0.3 is 15.2 Å². The van der Waals surface area contributed by atoms with E-state index in [0.29, 0.717) is 6.61 Å². The number of aryl methyl sites for hydroxylation is 1. The Morgan fingerprint density at radius 3 is 3.06 bits per heavy atom. The highest BCUT2D eigenvalue weighted by molar-refractivity contribution is 5.40. The van der Waals surface area contributed by atoms with Gasteiger partial charge in [0, 0.05) is 26.2 Å². The lowest BCUT2D eigenvalue weighted by molar-refractivity contribution is 0.172. The molecule has 0 aliphatic heterocycles. The zero-order chi connectivity index (χ0) is 11.4. The van der Waals surface area contributed by atoms with Crippen LogP contribution in [0.5, 0.6) is 5.75 Å². The largest absolute Gasteiger partial charge is 0.493 e. The molecular weight excluding hydrogens is 202 g/mol. The lowest BCUT2D eigenvalue weighted by atomic mass is 10.1. The summed E-state index contributed by atoms with van der Waals surface area (Å²) in [5.74, 6) is 0.948. The van der Waals surface area contributed by atoms with Gasteiger partial charge in [-0.05, 0) is 36.1 Å². The van der Waals surface area contributed by atoms with Crippen molar-refractivity contribution in [3.63, 3.8) is 0 Å². The maximum Gasteiger partial charge on any atom is 0.119 e. The smallest absolute Gasteiger partial charge is 0.119 e. The van der Waals surface area contributed by atoms with Crippen molar-refractivity contribution >= 4 is 0 Å². The van der Waals surface area contributed by atoms with Gasteiger partial charge in [0.1, 0.15) is 5.75 Å². The maximum atomic E-state index is 5.98. The topological polar surface area (TPSA) is 44.5 Å². The van der Waals surface area contributed by atoms with Crippen LogP contribution in [0.15, 0.2) is 18.2 Å². The predicted molar refractivity (Wildman–Crippen MR) is 63.7 cm³/mol. The zero-order valence-electron chi connectivity index (χ0n) is 9.74. The first-order valence-electron chi connectivity index (χ1n) is 5.81. The highest BCUT2D eigenvalue weighted by atomic mass is 16.5. The second kappa shape index (κ2) is 5.32. The molecule has 0 aromatic heterocycles. The number of ether oxygens (including phenoxy) is 2. The Morgan fingerprint density at radius 1 is 1.38 bits per heavy atom. The van der Waals surface area contributed by atoms with Crippen molar-refractivity contribution in [2.45, 2.75) is 25.3 Å². The minimum absolute atomic E-state index is 0.220. The molecular formula is C13H19NO2. The van der Waals surface area contributed by atoms with E-state index in [1.807, 2.05) is 6.07 Å². The first-order chi connectivity index (χ1) is 7.81. The van der Waals surface area contributed by atoms with Crippen LogP contribution in [0.4, 0.5) is 0 Å². The number of methoxy groups -OCH3 is 1. The van der Waals surface area contributed by atoms with Crippen LogP contribution in [0.25, 0.3) is 0 Å². The average Bonchev–Trinajstić information content (AvgIpc) is 2.66. The van der Waals surface area contributed by atoms with E-state index < -0.39 is 0 Å². The van der Waals surface area contributed by atoms with Gasteiger partial charge in [0.05, 0.1) is 6.61 Å². The Morgan fingerprint density at radius 2 is 2.25 bits per heavy atom. The van der Waals surface area contributed by atoms with Crippen LogP contribution >= 0.6 is 0 Å². The predicted octanol–water partition coefficient (Wildman–Crippen LogP) is 2.05. The van der Waals surface area contributed by atoms with Crippen molar-refractivity contribution in [2.75, 3.05) is 20.3 Å². The van der Waals surface area contributed by atoms with E-state index >= 15 is 0 Å². The van der Waals surface area contributed by atoms with Crippen molar-refractivity contribution in [3.05, 3.63) is 29.3 Å². The molecule has 0 bridgehead atoms. The van der Waals surface area contributed by atoms with Gasteiger partial charge in [-0.1, -0.05) is 6.07 Å². The van der Waals surface area contributed by atoms with Crippen molar-refractivity contribution in [2.24, 2.45) is 5.73 Å². The molecule has 2 N–H and O–H groups in total. The van der Waals surface area contributed by atoms with Crippen molar-refractivity contribution in [1.82, 2.24) is 0 Å². The minimum Gasteiger partial charge on any atom is -0.493 e. The van der Waals surface area contributed by atoms with E-state index in [0.717, 1.165) is 31.6 Å². The second-order valence-corrected chi connectivity index (χ2v) is 4.20. The molecule has 0 spiro atoms. The van der Waals surface area contributed by atoms with Gasteiger partial charge in [-0.25, -0.2) is 0 Å². The standard InChI is InChI=1S/C13H19NO2/c1-15-7-2-8-16-11-4-5-12-10(9-11)3-6-13(12)14/h4-5,9,13H,2-3,6-8,14H2,1H3/t13-/m1/s1. The molecule has 0 amide bonds. The maximum absolute atomic E-state index is 5.98. The molecule has 16 heavy (non-hydrogen) atoms. The molecule has 0 heterocycles. The molecule has 0 unspecified atom stereocenters. The van der Waals surface area contributed by atoms with Crippen LogP contribution in [-0.4, -0.2) is 20.3 Å². The summed E-state index contributed by atoms with van der Waals surface area (Å²) in [6.07, 6.45) is 3.06. The molecule has 2 rings (SSSR count). The van der Waals surface area contributed by atoms with E-state index in [1.54, 1.807) is 7.11 Å². The highest BCUT2D eigenvalue weighted by Gasteiger charge is 2.18. The zero-order valence-corrected chi connectivity index (χ0v) is 9.74. The van der Waals surface area contributed by atoms with Crippen molar-refractivity contribution in [3.8, 4) is 5.75 Å². The Labute approximate surface area is 96.5 Å². The van der Waals surface area contributed by atoms with Gasteiger partial charge in [-0.3, -0.25) is 0 Å². The fraction of sp³-hybridized carbons (Fsp3) is 0.538. The lowest BCUT2D eigenvalue weighted by Gasteiger charge is -2.09. The number of rotatable bonds is 5. The monoisotopic (exact) mass is 221 g/mol. The summed E-state index contributed by atoms with van der Waals surface area (Å²) >= 11 is 0. The molecule has 1 aliphatic rings. The quantitative estimate of drug-likeness (QED) is 0.774. The summed E-state index contributed by atoms with van der Waals surface area (Å²) in [4.78, 5) is 0. The van der Waals surface area contributed by atoms with Crippen molar-refractivity contribution in [1.29, 1.82) is 0 Å². The van der Waals surface area contributed by atoms with Gasteiger partial charge in [0.15, 0.2) is 0 Å². The summed E-state index contributed by atoms with van der Waals surface area (Å²) < 4.78 is 10.6. The fourth-order valence-electron chi connectivity index (χ4n) is 2.11. The van der Waals surface area contributed by atoms with Gasteiger partial charge in [0.2, 0.25) is 0 Å². The third kappa shape index (κ3) is 2.54. The summed E-state index contributed by atoms with van der Waals surface area (Å²) in [5, 5.41) is 0. The number of hydrogen-bond acceptors (Lipinski definition) is 3. The molecule has 0 saturated carbocycles. The number of nitrogens with two attached hydrogens (primary N) is 1. The van der Waals surface area contributed by atoms with E-state index in [2.05, 4.69) is 12.1 Å². The van der Waals surface area contributed by atoms with Gasteiger partial charge in [0.25, 0.3) is 0 Å². The summed E-state index contributed by atoms with van der Waals surface area (Å²) in [5.41, 5.74) is 8.60. The van der Waals surface area contributed by atoms with Gasteiger partial charge in [-0.2, -0.15) is 0 Å². The average molecular weight is 221 g/mol. The second-order valence-electron chi connectivity index (χ2n) is 4.20. The molecule has 1 aromatic carbocycles. The molecule has 1 aromatic rings. The molecule has 1 aliphatic carbocycles. The first kappa shape index (κ1) is 11.4. The van der Waals surface area contributed by atoms with E-state index in [1.165, 1.54) is 11.1 Å². The van der Waals surface area contributed by atoms with Crippen LogP contribution in [0.2, 0.25) is 0 Å². The fourth-order valence-corrected chi connectivity index (χ4v) is 2.11. The van der Waals surface area contributed by atoms with Crippen LogP contribution in [0.3, 0.4) is 0 Å². The van der Waals surface area contributed by atoms with E-state index in [9.17, 15) is 0 Å². The van der Waals surface area contributed by atoms with Crippen LogP contribution in [0, 0.1) is 0 Å². The first-order valence-corrected chi connectivity index (χ1v) is 5.81. The number of hydrogen-bond donors (Lipinski definition) is 1. The Kier molecular flexibility index (Phi) is 3.80. The van der Waals surface area contributed by atoms with Gasteiger partial charge >= 0.3 is 0 Å². The molecule has 0 radical (unpaired) electrons. The summed E-state index contributed by atoms with van der Waals surface area (Å²) in [6.45, 7) is 1.45. The molecule has 3 heteroatoms. The number of benzene rings is 1. The Balaban J connectivity index is 1.92. The van der Waals surface area contributed by atoms with Gasteiger partial charge in [-0.15, -0.1) is 0 Å². The Hall–Kier alpha value is -1.06. The van der Waals surface area contributed by atoms with E-state index in [-0.39, 0.29) is 6.04 Å². The summed E-state index contributed by atoms with van der Waals surface area (Å²) in [7, 11) is 1.71. The normalized spacial score (nSPS) is 18.5. The molecule has 0 fully saturated rings. The minimum atomic E-state index is 0.220. The summed E-state index contributed by atoms with van der Waals surface area (Å²) in [6, 6.07) is 6.45. The Bertz CT molecular complexity index is 352. The third-order valence-electron chi connectivity index (χ3n) is 3.00. The lowest BCUT2D eigenvalue weighted by Crippen LogP contribution is -2.05. The molecule has 88 valence electrons. The number of fused-ring (bicyclic) bond motifs is 1. The van der Waals surface area contributed by atoms with E-state index in [4.69, 9.17) is 15.2 Å². The van der Waals surface area contributed by atoms with Crippen LogP contribution in [-0.2, 0) is 11.2 Å². The molecule has 3 nitrogen and oxygen atoms in total. The third-order valence-corrected chi connectivity index (χ3v) is 3.00. The highest BCUT2D eigenvalue weighted by Crippen LogP contribution is 2.31. The molecule has 0 saturated heterocycles. The van der Waals surface area contributed by atoms with Crippen LogP contribution < -0.4 is 10.5 Å². The van der Waals surface area contributed by atoms with Crippen LogP contribution in [0.1, 0.15) is 30.0 Å². The molecule has 1 atom stereocenters. The van der Waals surface area contributed by atoms with Crippen molar-refractivity contribution < 1.29 is 9.47 Å². The SMILES string of the molecule is COCCCOc1ccc2c(c1)CC[C@H]2N.